The van der Waals surface area contributed by atoms with E-state index in [0.717, 1.165) is 12.8 Å². The van der Waals surface area contributed by atoms with Gasteiger partial charge in [-0.25, -0.2) is 0 Å². The molecule has 0 saturated carbocycles. The zero-order chi connectivity index (χ0) is 11.4. The summed E-state index contributed by atoms with van der Waals surface area (Å²) in [7, 11) is 1.33. The van der Waals surface area contributed by atoms with Crippen molar-refractivity contribution < 1.29 is 23.8 Å². The van der Waals surface area contributed by atoms with Crippen LogP contribution < -0.4 is 0 Å². The lowest BCUT2D eigenvalue weighted by molar-refractivity contribution is -0.155. The van der Waals surface area contributed by atoms with Crippen molar-refractivity contribution in [3.63, 3.8) is 0 Å². The van der Waals surface area contributed by atoms with E-state index in [2.05, 4.69) is 4.74 Å². The normalized spacial score (nSPS) is 44.3. The number of hydrogen-bond acceptors (Lipinski definition) is 5. The fourth-order valence-corrected chi connectivity index (χ4v) is 3.36. The molecule has 2 bridgehead atoms. The summed E-state index contributed by atoms with van der Waals surface area (Å²) < 4.78 is 15.6. The zero-order valence-electron chi connectivity index (χ0n) is 9.15. The van der Waals surface area contributed by atoms with Crippen LogP contribution >= 0.6 is 0 Å². The molecule has 0 amide bonds. The highest BCUT2D eigenvalue weighted by Crippen LogP contribution is 2.61. The van der Waals surface area contributed by atoms with Crippen LogP contribution in [0.4, 0.5) is 0 Å². The topological polar surface area (TPSA) is 61.8 Å². The Balaban J connectivity index is 1.96. The summed E-state index contributed by atoms with van der Waals surface area (Å²) in [5.74, 6) is -0.658. The number of carbonyl (C=O) groups is 2. The minimum atomic E-state index is -0.775. The van der Waals surface area contributed by atoms with Gasteiger partial charge >= 0.3 is 11.9 Å². The summed E-state index contributed by atoms with van der Waals surface area (Å²) >= 11 is 0. The molecule has 3 rings (SSSR count). The first kappa shape index (κ1) is 10.1. The Kier molecular flexibility index (Phi) is 1.87. The maximum Gasteiger partial charge on any atom is 0.315 e. The molecule has 3 saturated heterocycles. The molecule has 1 spiro atoms. The third kappa shape index (κ3) is 0.993. The Morgan fingerprint density at radius 2 is 2.44 bits per heavy atom. The van der Waals surface area contributed by atoms with Crippen LogP contribution in [0.15, 0.2) is 0 Å². The van der Waals surface area contributed by atoms with Crippen molar-refractivity contribution in [2.45, 2.75) is 37.4 Å². The molecule has 5 nitrogen and oxygen atoms in total. The van der Waals surface area contributed by atoms with Crippen LogP contribution in [0.1, 0.15) is 25.7 Å². The molecule has 0 N–H and O–H groups in total. The van der Waals surface area contributed by atoms with Crippen molar-refractivity contribution in [2.75, 3.05) is 13.7 Å². The van der Waals surface area contributed by atoms with Crippen molar-refractivity contribution in [3.8, 4) is 0 Å². The molecule has 0 aromatic rings. The number of rotatable bonds is 2. The van der Waals surface area contributed by atoms with Gasteiger partial charge in [-0.3, -0.25) is 9.59 Å². The van der Waals surface area contributed by atoms with Gasteiger partial charge in [-0.2, -0.15) is 0 Å². The van der Waals surface area contributed by atoms with E-state index in [1.54, 1.807) is 0 Å². The van der Waals surface area contributed by atoms with Gasteiger partial charge in [0, 0.05) is 0 Å². The van der Waals surface area contributed by atoms with Gasteiger partial charge in [-0.1, -0.05) is 0 Å². The Bertz CT molecular complexity index is 365. The van der Waals surface area contributed by atoms with Gasteiger partial charge in [0.2, 0.25) is 0 Å². The van der Waals surface area contributed by atoms with E-state index >= 15 is 0 Å². The maximum atomic E-state index is 11.9. The summed E-state index contributed by atoms with van der Waals surface area (Å²) in [5.41, 5.74) is -1.33. The van der Waals surface area contributed by atoms with E-state index in [-0.39, 0.29) is 24.5 Å². The minimum absolute atomic E-state index is 0.0822. The quantitative estimate of drug-likeness (QED) is 0.638. The first-order valence-electron chi connectivity index (χ1n) is 5.54. The second kappa shape index (κ2) is 2.97. The summed E-state index contributed by atoms with van der Waals surface area (Å²) in [6, 6.07) is 0. The molecule has 16 heavy (non-hydrogen) atoms. The van der Waals surface area contributed by atoms with E-state index in [1.807, 2.05) is 0 Å². The van der Waals surface area contributed by atoms with Gasteiger partial charge in [0.25, 0.3) is 0 Å². The van der Waals surface area contributed by atoms with Crippen LogP contribution in [-0.4, -0.2) is 37.4 Å². The number of cyclic esters (lactones) is 1. The number of hydrogen-bond donors (Lipinski definition) is 0. The summed E-state index contributed by atoms with van der Waals surface area (Å²) in [6.45, 7) is 0.291. The van der Waals surface area contributed by atoms with Crippen LogP contribution in [0.25, 0.3) is 0 Å². The van der Waals surface area contributed by atoms with Crippen LogP contribution in [0, 0.1) is 5.41 Å². The van der Waals surface area contributed by atoms with E-state index in [0.29, 0.717) is 13.0 Å². The smallest absolute Gasteiger partial charge is 0.315 e. The largest absolute Gasteiger partial charge is 0.469 e. The van der Waals surface area contributed by atoms with E-state index in [9.17, 15) is 9.59 Å². The average molecular weight is 226 g/mol. The molecule has 3 atom stereocenters. The van der Waals surface area contributed by atoms with Crippen LogP contribution in [-0.2, 0) is 23.8 Å². The van der Waals surface area contributed by atoms with Crippen molar-refractivity contribution in [1.29, 1.82) is 0 Å². The molecule has 3 aliphatic rings. The van der Waals surface area contributed by atoms with Crippen molar-refractivity contribution in [1.82, 2.24) is 0 Å². The molecular weight excluding hydrogens is 212 g/mol. The molecule has 0 aromatic heterocycles. The summed E-state index contributed by atoms with van der Waals surface area (Å²) in [4.78, 5) is 23.3. The number of ether oxygens (including phenoxy) is 3. The minimum Gasteiger partial charge on any atom is -0.469 e. The van der Waals surface area contributed by atoms with Gasteiger partial charge in [0.15, 0.2) is 0 Å². The standard InChI is InChI=1S/C11H14O5/c1-14-8(12)5-10-4-7-2-3-11(10,16-7)6-15-9(10)13/h7H,2-6H2,1H3/t7-,10-,11-/m1/s1. The third-order valence-electron chi connectivity index (χ3n) is 4.21. The van der Waals surface area contributed by atoms with Crippen LogP contribution in [0.5, 0.6) is 0 Å². The fourth-order valence-electron chi connectivity index (χ4n) is 3.36. The Morgan fingerprint density at radius 1 is 1.62 bits per heavy atom. The molecule has 3 fully saturated rings. The van der Waals surface area contributed by atoms with Gasteiger partial charge in [-0.05, 0) is 19.3 Å². The molecule has 0 aliphatic carbocycles. The Hall–Kier alpha value is -1.10. The van der Waals surface area contributed by atoms with Gasteiger partial charge in [-0.15, -0.1) is 0 Å². The highest BCUT2D eigenvalue weighted by molar-refractivity contribution is 5.87. The van der Waals surface area contributed by atoms with Crippen LogP contribution in [0.3, 0.4) is 0 Å². The summed E-state index contributed by atoms with van der Waals surface area (Å²) in [6.07, 6.45) is 2.55. The molecule has 0 aromatic carbocycles. The van der Waals surface area contributed by atoms with Crippen molar-refractivity contribution in [2.24, 2.45) is 5.41 Å². The Labute approximate surface area is 93.0 Å². The molecule has 0 radical (unpaired) electrons. The highest BCUT2D eigenvalue weighted by atomic mass is 16.6. The van der Waals surface area contributed by atoms with Crippen LogP contribution in [0.2, 0.25) is 0 Å². The SMILES string of the molecule is COC(=O)C[C@@]12C[C@H]3CC[C@]1(COC2=O)O3. The predicted octanol–water partition coefficient (Wildman–Crippen LogP) is 0.414. The molecular formula is C11H14O5. The molecule has 0 unspecified atom stereocenters. The summed E-state index contributed by atoms with van der Waals surface area (Å²) in [5, 5.41) is 0. The molecule has 5 heteroatoms. The first-order chi connectivity index (χ1) is 7.62. The van der Waals surface area contributed by atoms with E-state index < -0.39 is 11.0 Å². The maximum absolute atomic E-state index is 11.9. The number of carbonyl (C=O) groups excluding carboxylic acids is 2. The van der Waals surface area contributed by atoms with Gasteiger partial charge in [0.05, 0.1) is 19.6 Å². The average Bonchev–Trinajstić information content (AvgIpc) is 2.88. The first-order valence-corrected chi connectivity index (χ1v) is 5.54. The molecule has 88 valence electrons. The van der Waals surface area contributed by atoms with Gasteiger partial charge in [0.1, 0.15) is 17.6 Å². The lowest BCUT2D eigenvalue weighted by Gasteiger charge is -2.32. The molecule has 3 heterocycles. The van der Waals surface area contributed by atoms with Crippen molar-refractivity contribution in [3.05, 3.63) is 0 Å². The van der Waals surface area contributed by atoms with Crippen molar-refractivity contribution >= 4 is 11.9 Å². The van der Waals surface area contributed by atoms with E-state index in [1.165, 1.54) is 7.11 Å². The second-order valence-electron chi connectivity index (χ2n) is 4.89. The fraction of sp³-hybridized carbons (Fsp3) is 0.818. The monoisotopic (exact) mass is 226 g/mol. The predicted molar refractivity (Wildman–Crippen MR) is 51.5 cm³/mol. The number of methoxy groups -OCH3 is 1. The second-order valence-corrected chi connectivity index (χ2v) is 4.89. The zero-order valence-corrected chi connectivity index (χ0v) is 9.15. The number of fused-ring (bicyclic) bond motifs is 1. The Morgan fingerprint density at radius 3 is 3.12 bits per heavy atom. The number of esters is 2. The van der Waals surface area contributed by atoms with E-state index in [4.69, 9.17) is 9.47 Å². The third-order valence-corrected chi connectivity index (χ3v) is 4.21. The highest BCUT2D eigenvalue weighted by Gasteiger charge is 2.72. The van der Waals surface area contributed by atoms with Gasteiger partial charge < -0.3 is 14.2 Å². The lowest BCUT2D eigenvalue weighted by atomic mass is 9.65. The lowest BCUT2D eigenvalue weighted by Crippen LogP contribution is -2.47. The molecule has 3 aliphatic heterocycles.